The van der Waals surface area contributed by atoms with Gasteiger partial charge in [-0.05, 0) is 30.7 Å². The Morgan fingerprint density at radius 3 is 2.26 bits per heavy atom. The molecule has 3 rings (SSSR count). The van der Waals surface area contributed by atoms with E-state index in [1.807, 2.05) is 0 Å². The van der Waals surface area contributed by atoms with Crippen molar-refractivity contribution in [1.29, 1.82) is 0 Å². The monoisotopic (exact) mass is 426 g/mol. The van der Waals surface area contributed by atoms with Crippen LogP contribution in [0, 0.1) is 0 Å². The van der Waals surface area contributed by atoms with Gasteiger partial charge in [-0.25, -0.2) is 0 Å². The highest BCUT2D eigenvalue weighted by molar-refractivity contribution is 6.21. The highest BCUT2D eigenvalue weighted by atomic mass is 16.5. The first-order chi connectivity index (χ1) is 14.9. The lowest BCUT2D eigenvalue weighted by atomic mass is 10.1. The fraction of sp³-hybridized carbons (Fsp3) is 0.273. The highest BCUT2D eigenvalue weighted by Gasteiger charge is 2.34. The van der Waals surface area contributed by atoms with E-state index in [0.29, 0.717) is 28.3 Å². The molecule has 0 unspecified atom stereocenters. The fourth-order valence-corrected chi connectivity index (χ4v) is 3.13. The van der Waals surface area contributed by atoms with E-state index in [1.54, 1.807) is 42.5 Å². The number of hydrogen-bond acceptors (Lipinski definition) is 7. The fourth-order valence-electron chi connectivity index (χ4n) is 3.13. The van der Waals surface area contributed by atoms with Gasteiger partial charge in [-0.2, -0.15) is 0 Å². The summed E-state index contributed by atoms with van der Waals surface area (Å²) in [4.78, 5) is 49.7. The molecule has 1 N–H and O–H groups in total. The lowest BCUT2D eigenvalue weighted by Crippen LogP contribution is -2.31. The summed E-state index contributed by atoms with van der Waals surface area (Å²) in [7, 11) is 2.97. The molecule has 31 heavy (non-hydrogen) atoms. The van der Waals surface area contributed by atoms with Crippen LogP contribution in [0.4, 0.5) is 5.69 Å². The molecule has 2 aromatic rings. The van der Waals surface area contributed by atoms with E-state index in [-0.39, 0.29) is 31.2 Å². The molecule has 1 aliphatic heterocycles. The van der Waals surface area contributed by atoms with Gasteiger partial charge in [0.2, 0.25) is 0 Å². The second kappa shape index (κ2) is 9.75. The topological polar surface area (TPSA) is 111 Å². The van der Waals surface area contributed by atoms with Crippen LogP contribution in [0.2, 0.25) is 0 Å². The van der Waals surface area contributed by atoms with Gasteiger partial charge in [0, 0.05) is 19.0 Å². The number of methoxy groups -OCH3 is 2. The molecule has 0 saturated heterocycles. The molecule has 162 valence electrons. The third-order valence-electron chi connectivity index (χ3n) is 4.69. The van der Waals surface area contributed by atoms with Gasteiger partial charge in [0.15, 0.2) is 6.61 Å². The number of ether oxygens (including phenoxy) is 3. The Bertz CT molecular complexity index is 984. The molecule has 0 atom stereocenters. The van der Waals surface area contributed by atoms with Crippen LogP contribution in [0.1, 0.15) is 33.6 Å². The molecule has 0 bridgehead atoms. The Kier molecular flexibility index (Phi) is 6.86. The maximum absolute atomic E-state index is 12.3. The van der Waals surface area contributed by atoms with Crippen LogP contribution in [-0.4, -0.2) is 56.0 Å². The van der Waals surface area contributed by atoms with Gasteiger partial charge < -0.3 is 19.5 Å². The molecule has 2 aromatic carbocycles. The van der Waals surface area contributed by atoms with Crippen molar-refractivity contribution < 1.29 is 33.4 Å². The second-order valence-corrected chi connectivity index (χ2v) is 6.69. The third kappa shape index (κ3) is 5.00. The predicted molar refractivity (Wildman–Crippen MR) is 110 cm³/mol. The van der Waals surface area contributed by atoms with Crippen LogP contribution in [0.25, 0.3) is 0 Å². The quantitative estimate of drug-likeness (QED) is 0.484. The number of hydrogen-bond donors (Lipinski definition) is 1. The summed E-state index contributed by atoms with van der Waals surface area (Å²) < 4.78 is 15.3. The number of carbonyl (C=O) groups is 4. The first-order valence-electron chi connectivity index (χ1n) is 9.57. The van der Waals surface area contributed by atoms with Crippen LogP contribution < -0.4 is 14.8 Å². The lowest BCUT2D eigenvalue weighted by molar-refractivity contribution is -0.147. The predicted octanol–water partition coefficient (Wildman–Crippen LogP) is 2.26. The second-order valence-electron chi connectivity index (χ2n) is 6.69. The van der Waals surface area contributed by atoms with E-state index < -0.39 is 18.5 Å². The van der Waals surface area contributed by atoms with Crippen molar-refractivity contribution in [3.63, 3.8) is 0 Å². The van der Waals surface area contributed by atoms with Crippen molar-refractivity contribution in [2.45, 2.75) is 12.8 Å². The van der Waals surface area contributed by atoms with Crippen molar-refractivity contribution in [2.75, 3.05) is 32.7 Å². The van der Waals surface area contributed by atoms with E-state index in [9.17, 15) is 19.2 Å². The van der Waals surface area contributed by atoms with Gasteiger partial charge in [-0.15, -0.1) is 0 Å². The van der Waals surface area contributed by atoms with E-state index in [2.05, 4.69) is 5.32 Å². The number of carbonyl (C=O) groups excluding carboxylic acids is 4. The lowest BCUT2D eigenvalue weighted by Gasteiger charge is -2.13. The first kappa shape index (κ1) is 21.8. The number of nitrogens with zero attached hydrogens (tertiary/aromatic N) is 1. The van der Waals surface area contributed by atoms with Gasteiger partial charge in [0.25, 0.3) is 17.7 Å². The van der Waals surface area contributed by atoms with E-state index in [1.165, 1.54) is 14.2 Å². The number of esters is 1. The van der Waals surface area contributed by atoms with Crippen molar-refractivity contribution in [2.24, 2.45) is 0 Å². The minimum absolute atomic E-state index is 0.0352. The van der Waals surface area contributed by atoms with E-state index in [0.717, 1.165) is 4.90 Å². The van der Waals surface area contributed by atoms with E-state index >= 15 is 0 Å². The number of nitrogens with one attached hydrogen (secondary N) is 1. The summed E-state index contributed by atoms with van der Waals surface area (Å²) in [6.45, 7) is -0.377. The first-order valence-corrected chi connectivity index (χ1v) is 9.57. The van der Waals surface area contributed by atoms with Crippen molar-refractivity contribution in [1.82, 2.24) is 4.90 Å². The average molecular weight is 426 g/mol. The van der Waals surface area contributed by atoms with Crippen molar-refractivity contribution >= 4 is 29.4 Å². The molecule has 0 aliphatic carbocycles. The maximum atomic E-state index is 12.3. The molecule has 1 heterocycles. The Labute approximate surface area is 178 Å². The zero-order chi connectivity index (χ0) is 22.4. The van der Waals surface area contributed by atoms with Crippen LogP contribution in [0.5, 0.6) is 11.5 Å². The van der Waals surface area contributed by atoms with Gasteiger partial charge in [0.05, 0.1) is 31.0 Å². The average Bonchev–Trinajstić information content (AvgIpc) is 3.03. The molecule has 0 fully saturated rings. The zero-order valence-corrected chi connectivity index (χ0v) is 17.2. The Morgan fingerprint density at radius 1 is 0.968 bits per heavy atom. The summed E-state index contributed by atoms with van der Waals surface area (Å²) in [5.74, 6) is -0.909. The number of fused-ring (bicyclic) bond motifs is 1. The minimum atomic E-state index is -0.603. The minimum Gasteiger partial charge on any atom is -0.497 e. The van der Waals surface area contributed by atoms with Gasteiger partial charge >= 0.3 is 5.97 Å². The Hall–Kier alpha value is -3.88. The molecule has 9 nitrogen and oxygen atoms in total. The summed E-state index contributed by atoms with van der Waals surface area (Å²) in [5, 5.41) is 2.60. The molecule has 0 saturated carbocycles. The number of rotatable bonds is 9. The smallest absolute Gasteiger partial charge is 0.306 e. The van der Waals surface area contributed by atoms with Gasteiger partial charge in [-0.3, -0.25) is 24.1 Å². The summed E-state index contributed by atoms with van der Waals surface area (Å²) in [6, 6.07) is 11.5. The zero-order valence-electron chi connectivity index (χ0n) is 17.2. The van der Waals surface area contributed by atoms with Crippen LogP contribution >= 0.6 is 0 Å². The number of anilines is 1. The molecule has 0 radical (unpaired) electrons. The number of benzene rings is 2. The van der Waals surface area contributed by atoms with Crippen LogP contribution in [-0.2, 0) is 14.3 Å². The summed E-state index contributed by atoms with van der Waals surface area (Å²) in [5.41, 5.74) is 1.14. The van der Waals surface area contributed by atoms with Crippen LogP contribution in [0.3, 0.4) is 0 Å². The largest absolute Gasteiger partial charge is 0.497 e. The Morgan fingerprint density at radius 2 is 1.65 bits per heavy atom. The molecule has 0 aromatic heterocycles. The van der Waals surface area contributed by atoms with Crippen molar-refractivity contribution in [3.8, 4) is 11.5 Å². The molecule has 1 aliphatic rings. The number of amides is 3. The molecular formula is C22H22N2O7. The van der Waals surface area contributed by atoms with Gasteiger partial charge in [0.1, 0.15) is 11.5 Å². The standard InChI is InChI=1S/C22H22N2O7/c1-29-14-9-10-17(18(12-14)30-2)23-19(25)13-31-20(26)8-5-11-24-21(27)15-6-3-4-7-16(15)22(24)28/h3-4,6-7,9-10,12H,5,8,11,13H2,1-2H3,(H,23,25). The van der Waals surface area contributed by atoms with Crippen molar-refractivity contribution in [3.05, 3.63) is 53.6 Å². The molecule has 0 spiro atoms. The van der Waals surface area contributed by atoms with Crippen LogP contribution in [0.15, 0.2) is 42.5 Å². The normalized spacial score (nSPS) is 12.4. The molecular weight excluding hydrogens is 404 g/mol. The van der Waals surface area contributed by atoms with Gasteiger partial charge in [-0.1, -0.05) is 12.1 Å². The summed E-state index contributed by atoms with van der Waals surface area (Å²) in [6.07, 6.45) is 0.199. The highest BCUT2D eigenvalue weighted by Crippen LogP contribution is 2.29. The molecule has 3 amide bonds. The SMILES string of the molecule is COc1ccc(NC(=O)COC(=O)CCCN2C(=O)c3ccccc3C2=O)c(OC)c1. The maximum Gasteiger partial charge on any atom is 0.306 e. The third-order valence-corrected chi connectivity index (χ3v) is 4.69. The molecule has 9 heteroatoms. The van der Waals surface area contributed by atoms with E-state index in [4.69, 9.17) is 14.2 Å². The number of imide groups is 1. The summed E-state index contributed by atoms with van der Waals surface area (Å²) >= 11 is 0. The Balaban J connectivity index is 1.42.